The van der Waals surface area contributed by atoms with Gasteiger partial charge in [0.15, 0.2) is 0 Å². The van der Waals surface area contributed by atoms with Gasteiger partial charge in [0.1, 0.15) is 5.82 Å². The summed E-state index contributed by atoms with van der Waals surface area (Å²) < 4.78 is 4.68. The number of anilines is 3. The number of benzene rings is 1. The van der Waals surface area contributed by atoms with Crippen molar-refractivity contribution in [2.24, 2.45) is 5.92 Å². The molecule has 0 bridgehead atoms. The quantitative estimate of drug-likeness (QED) is 0.796. The second-order valence-corrected chi connectivity index (χ2v) is 5.69. The molecule has 1 aromatic carbocycles. The van der Waals surface area contributed by atoms with E-state index in [9.17, 15) is 4.79 Å². The normalized spacial score (nSPS) is 10.5. The first-order chi connectivity index (χ1) is 11.0. The highest BCUT2D eigenvalue weighted by Crippen LogP contribution is 2.18. The minimum Gasteiger partial charge on any atom is -0.465 e. The minimum atomic E-state index is -0.352. The van der Waals surface area contributed by atoms with E-state index in [0.29, 0.717) is 23.2 Å². The van der Waals surface area contributed by atoms with Gasteiger partial charge < -0.3 is 15.4 Å². The third kappa shape index (κ3) is 4.95. The van der Waals surface area contributed by atoms with Gasteiger partial charge in [-0.1, -0.05) is 13.8 Å². The van der Waals surface area contributed by atoms with Crippen molar-refractivity contribution in [3.8, 4) is 0 Å². The van der Waals surface area contributed by atoms with Gasteiger partial charge in [-0.05, 0) is 37.1 Å². The number of aryl methyl sites for hydroxylation is 1. The highest BCUT2D eigenvalue weighted by atomic mass is 16.5. The molecule has 2 aromatic rings. The molecular weight excluding hydrogens is 292 g/mol. The first-order valence-electron chi connectivity index (χ1n) is 7.53. The van der Waals surface area contributed by atoms with Crippen LogP contribution in [0.2, 0.25) is 0 Å². The summed E-state index contributed by atoms with van der Waals surface area (Å²) in [5.74, 6) is 1.47. The molecule has 0 saturated carbocycles. The van der Waals surface area contributed by atoms with Gasteiger partial charge in [0.25, 0.3) is 0 Å². The van der Waals surface area contributed by atoms with Gasteiger partial charge in [0, 0.05) is 24.0 Å². The number of carbonyl (C=O) groups is 1. The van der Waals surface area contributed by atoms with Crippen molar-refractivity contribution < 1.29 is 9.53 Å². The summed E-state index contributed by atoms with van der Waals surface area (Å²) in [4.78, 5) is 20.2. The summed E-state index contributed by atoms with van der Waals surface area (Å²) in [5, 5.41) is 6.43. The zero-order valence-corrected chi connectivity index (χ0v) is 13.9. The Morgan fingerprint density at radius 3 is 2.52 bits per heavy atom. The number of esters is 1. The largest absolute Gasteiger partial charge is 0.465 e. The lowest BCUT2D eigenvalue weighted by Gasteiger charge is -2.11. The summed E-state index contributed by atoms with van der Waals surface area (Å²) in [7, 11) is 1.36. The summed E-state index contributed by atoms with van der Waals surface area (Å²) in [6.07, 6.45) is 0. The van der Waals surface area contributed by atoms with E-state index in [0.717, 1.165) is 17.9 Å². The van der Waals surface area contributed by atoms with Crippen LogP contribution in [0.4, 0.5) is 17.5 Å². The number of hydrogen-bond acceptors (Lipinski definition) is 6. The van der Waals surface area contributed by atoms with Crippen LogP contribution in [-0.4, -0.2) is 29.6 Å². The molecule has 0 fully saturated rings. The first-order valence-corrected chi connectivity index (χ1v) is 7.53. The lowest BCUT2D eigenvalue weighted by Crippen LogP contribution is -2.11. The van der Waals surface area contributed by atoms with Crippen LogP contribution in [0.3, 0.4) is 0 Å². The fourth-order valence-electron chi connectivity index (χ4n) is 1.96. The van der Waals surface area contributed by atoms with Gasteiger partial charge in [-0.3, -0.25) is 0 Å². The predicted molar refractivity (Wildman–Crippen MR) is 91.2 cm³/mol. The SMILES string of the molecule is COC(=O)c1ccc(Nc2cc(C)nc(NCC(C)C)n2)cc1. The van der Waals surface area contributed by atoms with Crippen LogP contribution in [0.1, 0.15) is 29.9 Å². The predicted octanol–water partition coefficient (Wildman–Crippen LogP) is 3.38. The third-order valence-corrected chi connectivity index (χ3v) is 3.10. The fourth-order valence-corrected chi connectivity index (χ4v) is 1.96. The van der Waals surface area contributed by atoms with E-state index in [4.69, 9.17) is 0 Å². The van der Waals surface area contributed by atoms with Gasteiger partial charge in [-0.2, -0.15) is 4.98 Å². The highest BCUT2D eigenvalue weighted by Gasteiger charge is 2.06. The van der Waals surface area contributed by atoms with Gasteiger partial charge >= 0.3 is 5.97 Å². The van der Waals surface area contributed by atoms with Gasteiger partial charge in [-0.15, -0.1) is 0 Å². The number of carbonyl (C=O) groups excluding carboxylic acids is 1. The molecule has 0 aliphatic carbocycles. The second-order valence-electron chi connectivity index (χ2n) is 5.69. The fraction of sp³-hybridized carbons (Fsp3) is 0.353. The van der Waals surface area contributed by atoms with Crippen molar-refractivity contribution in [3.05, 3.63) is 41.6 Å². The van der Waals surface area contributed by atoms with Crippen molar-refractivity contribution in [1.82, 2.24) is 9.97 Å². The van der Waals surface area contributed by atoms with Gasteiger partial charge in [0.2, 0.25) is 5.95 Å². The summed E-state index contributed by atoms with van der Waals surface area (Å²) in [5.41, 5.74) is 2.22. The van der Waals surface area contributed by atoms with Crippen LogP contribution >= 0.6 is 0 Å². The maximum atomic E-state index is 11.4. The second kappa shape index (κ2) is 7.58. The van der Waals surface area contributed by atoms with Crippen LogP contribution in [0.15, 0.2) is 30.3 Å². The molecule has 1 heterocycles. The Morgan fingerprint density at radius 1 is 1.22 bits per heavy atom. The van der Waals surface area contributed by atoms with Crippen LogP contribution in [-0.2, 0) is 4.74 Å². The van der Waals surface area contributed by atoms with Crippen LogP contribution < -0.4 is 10.6 Å². The number of nitrogens with zero attached hydrogens (tertiary/aromatic N) is 2. The van der Waals surface area contributed by atoms with E-state index in [1.165, 1.54) is 7.11 Å². The van der Waals surface area contributed by atoms with Gasteiger partial charge in [0.05, 0.1) is 12.7 Å². The van der Waals surface area contributed by atoms with E-state index < -0.39 is 0 Å². The molecule has 0 atom stereocenters. The molecule has 1 aromatic heterocycles. The molecule has 2 rings (SSSR count). The minimum absolute atomic E-state index is 0.352. The summed E-state index contributed by atoms with van der Waals surface area (Å²) in [6, 6.07) is 8.91. The van der Waals surface area contributed by atoms with E-state index in [-0.39, 0.29) is 5.97 Å². The number of rotatable bonds is 6. The molecule has 0 saturated heterocycles. The number of hydrogen-bond donors (Lipinski definition) is 2. The van der Waals surface area contributed by atoms with E-state index in [1.807, 2.05) is 25.1 Å². The Labute approximate surface area is 136 Å². The Balaban J connectivity index is 2.11. The van der Waals surface area contributed by atoms with Gasteiger partial charge in [-0.25, -0.2) is 9.78 Å². The molecule has 23 heavy (non-hydrogen) atoms. The zero-order chi connectivity index (χ0) is 16.8. The number of methoxy groups -OCH3 is 1. The van der Waals surface area contributed by atoms with Crippen molar-refractivity contribution in [2.45, 2.75) is 20.8 Å². The van der Waals surface area contributed by atoms with E-state index in [1.54, 1.807) is 12.1 Å². The standard InChI is InChI=1S/C17H22N4O2/c1-11(2)10-18-17-19-12(3)9-15(21-17)20-14-7-5-13(6-8-14)16(22)23-4/h5-9,11H,10H2,1-4H3,(H2,18,19,20,21). The van der Waals surface area contributed by atoms with Crippen molar-refractivity contribution >= 4 is 23.4 Å². The van der Waals surface area contributed by atoms with Crippen molar-refractivity contribution in [2.75, 3.05) is 24.3 Å². The van der Waals surface area contributed by atoms with Crippen molar-refractivity contribution in [3.63, 3.8) is 0 Å². The third-order valence-electron chi connectivity index (χ3n) is 3.10. The van der Waals surface area contributed by atoms with E-state index >= 15 is 0 Å². The molecule has 0 aliphatic heterocycles. The Kier molecular flexibility index (Phi) is 5.51. The molecule has 122 valence electrons. The lowest BCUT2D eigenvalue weighted by molar-refractivity contribution is 0.0601. The topological polar surface area (TPSA) is 76.1 Å². The molecule has 0 unspecified atom stereocenters. The Hall–Kier alpha value is -2.63. The molecule has 6 nitrogen and oxygen atoms in total. The molecule has 0 amide bonds. The zero-order valence-electron chi connectivity index (χ0n) is 13.9. The number of nitrogens with one attached hydrogen (secondary N) is 2. The van der Waals surface area contributed by atoms with Crippen LogP contribution in [0.5, 0.6) is 0 Å². The molecular formula is C17H22N4O2. The highest BCUT2D eigenvalue weighted by molar-refractivity contribution is 5.89. The van der Waals surface area contributed by atoms with E-state index in [2.05, 4.69) is 39.2 Å². The number of ether oxygens (including phenoxy) is 1. The van der Waals surface area contributed by atoms with Crippen LogP contribution in [0.25, 0.3) is 0 Å². The monoisotopic (exact) mass is 314 g/mol. The average Bonchev–Trinajstić information content (AvgIpc) is 2.52. The summed E-state index contributed by atoms with van der Waals surface area (Å²) >= 11 is 0. The number of aromatic nitrogens is 2. The Morgan fingerprint density at radius 2 is 1.91 bits per heavy atom. The summed E-state index contributed by atoms with van der Waals surface area (Å²) in [6.45, 7) is 7.00. The lowest BCUT2D eigenvalue weighted by atomic mass is 10.2. The van der Waals surface area contributed by atoms with Crippen LogP contribution in [0, 0.1) is 12.8 Å². The molecule has 2 N–H and O–H groups in total. The molecule has 6 heteroatoms. The molecule has 0 spiro atoms. The average molecular weight is 314 g/mol. The maximum Gasteiger partial charge on any atom is 0.337 e. The molecule has 0 aliphatic rings. The molecule has 0 radical (unpaired) electrons. The first kappa shape index (κ1) is 16.7. The Bertz CT molecular complexity index is 669. The smallest absolute Gasteiger partial charge is 0.337 e. The maximum absolute atomic E-state index is 11.4. The van der Waals surface area contributed by atoms with Crippen molar-refractivity contribution in [1.29, 1.82) is 0 Å².